The Morgan fingerprint density at radius 3 is 1.25 bits per heavy atom. The Kier molecular flexibility index (Phi) is 14.8. The van der Waals surface area contributed by atoms with E-state index in [4.69, 9.17) is 50.3 Å². The van der Waals surface area contributed by atoms with Crippen molar-refractivity contribution in [2.75, 3.05) is 0 Å². The highest BCUT2D eigenvalue weighted by atomic mass is 35.5. The molecule has 0 saturated heterocycles. The number of rotatable bonds is 7. The van der Waals surface area contributed by atoms with Crippen LogP contribution in [0.2, 0.25) is 5.02 Å². The number of benzene rings is 16. The van der Waals surface area contributed by atoms with Gasteiger partial charge in [-0.15, -0.1) is 0 Å². The number of fused-ring (bicyclic) bond motifs is 18. The van der Waals surface area contributed by atoms with Crippen LogP contribution in [0.25, 0.3) is 194 Å². The fraction of sp³-hybridized carbons (Fsp3) is 0.0105. The Bertz CT molecular complexity index is 6900. The van der Waals surface area contributed by atoms with Gasteiger partial charge in [0.1, 0.15) is 22.3 Å². The van der Waals surface area contributed by atoms with E-state index in [0.29, 0.717) is 40.0 Å². The van der Waals surface area contributed by atoms with Crippen molar-refractivity contribution in [1.82, 2.24) is 34.5 Å². The lowest BCUT2D eigenvalue weighted by Crippen LogP contribution is -2.00. The predicted octanol–water partition coefficient (Wildman–Crippen LogP) is 25.2. The van der Waals surface area contributed by atoms with E-state index >= 15 is 0 Å². The molecule has 21 aromatic rings. The molecule has 0 fully saturated rings. The first-order valence-corrected chi connectivity index (χ1v) is 35.5. The SMILES string of the molecule is Clc1ccc2oc3cccc(-c4nc(-c5ccccc5)nc(-c5ccccc5)n4)c3c2c1.c1ccc(-c2nc(-c3ccccc3)nc(-c3cccc4oc5ccc(-n6c7cc8ccccc8cc7c7c8ccccc8ccc76)cc5c34)n2)cc1.c1ccc2cc3c(cc2c1)Cc1ccc2ccccc2c1-3. The fourth-order valence-corrected chi connectivity index (χ4v) is 15.6. The van der Waals surface area contributed by atoms with Crippen LogP contribution in [0.1, 0.15) is 11.1 Å². The Hall–Kier alpha value is -13.7. The average Bonchev–Trinajstić information content (AvgIpc) is 1.46. The summed E-state index contributed by atoms with van der Waals surface area (Å²) in [6.45, 7) is 0. The fourth-order valence-electron chi connectivity index (χ4n) is 15.4. The Balaban J connectivity index is 0.000000117. The monoisotopic (exact) mass is 1360 g/mol. The highest BCUT2D eigenvalue weighted by molar-refractivity contribution is 6.32. The number of aromatic nitrogens is 7. The Labute approximate surface area is 607 Å². The van der Waals surface area contributed by atoms with Crippen molar-refractivity contribution < 1.29 is 8.83 Å². The van der Waals surface area contributed by atoms with Crippen LogP contribution in [0.4, 0.5) is 0 Å². The second-order valence-electron chi connectivity index (χ2n) is 26.5. The van der Waals surface area contributed by atoms with Crippen LogP contribution < -0.4 is 0 Å². The molecule has 5 aromatic heterocycles. The van der Waals surface area contributed by atoms with Crippen LogP contribution in [0.15, 0.2) is 349 Å². The van der Waals surface area contributed by atoms with Gasteiger partial charge in [-0.05, 0) is 145 Å². The number of furan rings is 2. The van der Waals surface area contributed by atoms with Crippen molar-refractivity contribution in [3.05, 3.63) is 356 Å². The number of hydrogen-bond acceptors (Lipinski definition) is 8. The summed E-state index contributed by atoms with van der Waals surface area (Å²) in [4.78, 5) is 29.6. The van der Waals surface area contributed by atoms with E-state index in [-0.39, 0.29) is 0 Å². The predicted molar refractivity (Wildman–Crippen MR) is 431 cm³/mol. The summed E-state index contributed by atoms with van der Waals surface area (Å²) in [5, 5.41) is 17.3. The van der Waals surface area contributed by atoms with Crippen LogP contribution in [0.3, 0.4) is 0 Å². The van der Waals surface area contributed by atoms with Gasteiger partial charge < -0.3 is 13.4 Å². The van der Waals surface area contributed by atoms with Crippen molar-refractivity contribution in [1.29, 1.82) is 0 Å². The standard InChI is InChI=1S/C47H28N4O.C27H16ClN3O.C21H14/c1-3-13-30(14-4-1)45-48-46(31-15-5-2-6-16-31)50-47(49-45)36-20-11-21-42-44(36)38-28-34(23-25-41(38)52-42)51-39-24-22-29-12-9-10-19-35(29)43(39)37-26-32-17-7-8-18-33(32)27-40(37)51;28-19-14-15-22-21(16-19)24-20(12-7-13-23(24)32-22)27-30-25(17-8-3-1-4-9-17)29-26(31-27)18-10-5-2-6-11-18;1-2-7-16-13-20-18(11-15(16)6-1)12-17-10-9-14-5-3-4-8-19(14)21(17)20/h1-28H;1-16H;1-11,13H,12H2. The maximum absolute atomic E-state index is 6.53. The van der Waals surface area contributed by atoms with Gasteiger partial charge >= 0.3 is 0 Å². The van der Waals surface area contributed by atoms with Gasteiger partial charge in [0.2, 0.25) is 0 Å². The summed E-state index contributed by atoms with van der Waals surface area (Å²) in [6.07, 6.45) is 1.06. The van der Waals surface area contributed by atoms with Gasteiger partial charge in [0.15, 0.2) is 34.9 Å². The lowest BCUT2D eigenvalue weighted by Gasteiger charge is -2.10. The first kappa shape index (κ1) is 61.2. The number of nitrogens with zero attached hydrogens (tertiary/aromatic N) is 7. The highest BCUT2D eigenvalue weighted by Gasteiger charge is 2.25. The van der Waals surface area contributed by atoms with Gasteiger partial charge in [-0.1, -0.05) is 279 Å². The molecule has 0 N–H and O–H groups in total. The summed E-state index contributed by atoms with van der Waals surface area (Å²) < 4.78 is 15.0. The number of hydrogen-bond donors (Lipinski definition) is 0. The molecule has 0 amide bonds. The van der Waals surface area contributed by atoms with Crippen LogP contribution in [-0.4, -0.2) is 34.5 Å². The molecule has 105 heavy (non-hydrogen) atoms. The van der Waals surface area contributed by atoms with Crippen LogP contribution in [0, 0.1) is 0 Å². The molecule has 492 valence electrons. The van der Waals surface area contributed by atoms with Crippen molar-refractivity contribution in [3.8, 4) is 85.1 Å². The number of halogens is 1. The van der Waals surface area contributed by atoms with Gasteiger partial charge in [0.05, 0.1) is 11.0 Å². The second-order valence-corrected chi connectivity index (χ2v) is 27.0. The summed E-state index contributed by atoms with van der Waals surface area (Å²) in [5.41, 5.74) is 17.8. The smallest absolute Gasteiger partial charge is 0.164 e. The molecule has 0 aliphatic heterocycles. The molecular weight excluding hydrogens is 1310 g/mol. The van der Waals surface area contributed by atoms with Crippen molar-refractivity contribution >= 4 is 120 Å². The van der Waals surface area contributed by atoms with Gasteiger partial charge in [-0.25, -0.2) is 29.9 Å². The zero-order valence-corrected chi connectivity index (χ0v) is 57.1. The molecule has 0 atom stereocenters. The molecule has 0 bridgehead atoms. The Morgan fingerprint density at radius 1 is 0.257 bits per heavy atom. The third kappa shape index (κ3) is 10.9. The summed E-state index contributed by atoms with van der Waals surface area (Å²) in [5.74, 6) is 3.68. The lowest BCUT2D eigenvalue weighted by atomic mass is 9.96. The van der Waals surface area contributed by atoms with E-state index in [1.165, 1.54) is 76.1 Å². The van der Waals surface area contributed by atoms with Gasteiger partial charge in [0.25, 0.3) is 0 Å². The maximum atomic E-state index is 6.53. The van der Waals surface area contributed by atoms with Gasteiger partial charge in [-0.2, -0.15) is 0 Å². The molecule has 0 unspecified atom stereocenters. The maximum Gasteiger partial charge on any atom is 0.164 e. The van der Waals surface area contributed by atoms with Crippen LogP contribution >= 0.6 is 11.6 Å². The molecule has 16 aromatic carbocycles. The minimum atomic E-state index is 0.589. The molecule has 22 rings (SSSR count). The third-order valence-corrected chi connectivity index (χ3v) is 20.5. The zero-order valence-electron chi connectivity index (χ0n) is 56.4. The van der Waals surface area contributed by atoms with Crippen LogP contribution in [0.5, 0.6) is 0 Å². The molecule has 9 nitrogen and oxygen atoms in total. The van der Waals surface area contributed by atoms with E-state index in [0.717, 1.165) is 100 Å². The molecule has 1 aliphatic rings. The van der Waals surface area contributed by atoms with E-state index in [1.54, 1.807) is 0 Å². The molecule has 1 aliphatic carbocycles. The van der Waals surface area contributed by atoms with Crippen molar-refractivity contribution in [3.63, 3.8) is 0 Å². The normalized spacial score (nSPS) is 11.8. The topological polar surface area (TPSA) is 109 Å². The Morgan fingerprint density at radius 2 is 0.695 bits per heavy atom. The first-order chi connectivity index (χ1) is 51.9. The van der Waals surface area contributed by atoms with E-state index in [9.17, 15) is 0 Å². The molecule has 0 spiro atoms. The van der Waals surface area contributed by atoms with E-state index in [2.05, 4.69) is 174 Å². The highest BCUT2D eigenvalue weighted by Crippen LogP contribution is 2.46. The molecule has 0 radical (unpaired) electrons. The van der Waals surface area contributed by atoms with E-state index < -0.39 is 0 Å². The first-order valence-electron chi connectivity index (χ1n) is 35.1. The minimum absolute atomic E-state index is 0.589. The minimum Gasteiger partial charge on any atom is -0.456 e. The van der Waals surface area contributed by atoms with Crippen molar-refractivity contribution in [2.45, 2.75) is 6.42 Å². The third-order valence-electron chi connectivity index (χ3n) is 20.2. The summed E-state index contributed by atoms with van der Waals surface area (Å²) in [7, 11) is 0. The molecule has 0 saturated carbocycles. The largest absolute Gasteiger partial charge is 0.456 e. The van der Waals surface area contributed by atoms with Crippen LogP contribution in [-0.2, 0) is 6.42 Å². The average molecular weight is 1370 g/mol. The lowest BCUT2D eigenvalue weighted by molar-refractivity contribution is 0.668. The summed E-state index contributed by atoms with van der Waals surface area (Å²) in [6, 6.07) is 117. The zero-order chi connectivity index (χ0) is 69.5. The quantitative estimate of drug-likeness (QED) is 0.155. The van der Waals surface area contributed by atoms with E-state index in [1.807, 2.05) is 170 Å². The molecule has 5 heterocycles. The molecule has 10 heteroatoms. The second kappa shape index (κ2) is 25.4. The van der Waals surface area contributed by atoms with Crippen molar-refractivity contribution in [2.24, 2.45) is 0 Å². The van der Waals surface area contributed by atoms with Gasteiger partial charge in [-0.3, -0.25) is 0 Å². The van der Waals surface area contributed by atoms with Gasteiger partial charge in [0, 0.05) is 76.4 Å². The summed E-state index contributed by atoms with van der Waals surface area (Å²) >= 11 is 6.30. The molecular formula is C95H58ClN7O2.